The van der Waals surface area contributed by atoms with Crippen molar-refractivity contribution in [2.24, 2.45) is 0 Å². The predicted molar refractivity (Wildman–Crippen MR) is 48.2 cm³/mol. The van der Waals surface area contributed by atoms with Gasteiger partial charge in [0.2, 0.25) is 5.91 Å². The molecule has 2 N–H and O–H groups in total. The van der Waals surface area contributed by atoms with E-state index in [0.29, 0.717) is 6.42 Å². The fourth-order valence-electron chi connectivity index (χ4n) is 0.738. The number of hydrogen-bond donors (Lipinski definition) is 2. The van der Waals surface area contributed by atoms with Gasteiger partial charge >= 0.3 is 5.97 Å². The topological polar surface area (TPSA) is 66.4 Å². The lowest BCUT2D eigenvalue weighted by molar-refractivity contribution is -0.141. The molecule has 0 rings (SSSR count). The minimum Gasteiger partial charge on any atom is -0.480 e. The van der Waals surface area contributed by atoms with E-state index in [9.17, 15) is 9.59 Å². The second-order valence-electron chi connectivity index (χ2n) is 2.37. The standard InChI is InChI=1S/C7H13NO3S/c1-5(9)8-6(7(10)11)3-4-12-2/h6H,3-4H2,1-2H3,(H,8,9)(H,10,11)/t6-/m0/s1/i7+1. The van der Waals surface area contributed by atoms with E-state index in [1.54, 1.807) is 11.8 Å². The minimum atomic E-state index is -0.973. The van der Waals surface area contributed by atoms with Crippen LogP contribution in [0.4, 0.5) is 0 Å². The number of carbonyl (C=O) groups excluding carboxylic acids is 1. The van der Waals surface area contributed by atoms with Crippen LogP contribution in [0.5, 0.6) is 0 Å². The highest BCUT2D eigenvalue weighted by Gasteiger charge is 2.16. The molecule has 12 heavy (non-hydrogen) atoms. The van der Waals surface area contributed by atoms with Crippen molar-refractivity contribution >= 4 is 23.6 Å². The smallest absolute Gasteiger partial charge is 0.326 e. The molecule has 70 valence electrons. The number of rotatable bonds is 5. The van der Waals surface area contributed by atoms with Crippen molar-refractivity contribution in [1.82, 2.24) is 5.32 Å². The molecule has 0 fully saturated rings. The lowest BCUT2D eigenvalue weighted by Crippen LogP contribution is -2.39. The summed E-state index contributed by atoms with van der Waals surface area (Å²) in [5.41, 5.74) is 0. The summed E-state index contributed by atoms with van der Waals surface area (Å²) in [7, 11) is 0. The Hall–Kier alpha value is -0.710. The molecule has 0 unspecified atom stereocenters. The molecule has 0 aromatic rings. The Morgan fingerprint density at radius 3 is 2.50 bits per heavy atom. The maximum atomic E-state index is 10.5. The predicted octanol–water partition coefficient (Wildman–Crippen LogP) is 0.329. The molecule has 0 aromatic heterocycles. The minimum absolute atomic E-state index is 0.302. The maximum absolute atomic E-state index is 10.5. The molecule has 0 aliphatic carbocycles. The Morgan fingerprint density at radius 1 is 1.58 bits per heavy atom. The Bertz CT molecular complexity index is 172. The molecule has 0 saturated carbocycles. The average molecular weight is 192 g/mol. The van der Waals surface area contributed by atoms with Crippen molar-refractivity contribution < 1.29 is 14.7 Å². The van der Waals surface area contributed by atoms with Gasteiger partial charge in [-0.25, -0.2) is 4.79 Å². The molecule has 0 saturated heterocycles. The van der Waals surface area contributed by atoms with Crippen LogP contribution in [0.15, 0.2) is 0 Å². The number of aliphatic carboxylic acids is 1. The van der Waals surface area contributed by atoms with Crippen molar-refractivity contribution in [3.63, 3.8) is 0 Å². The zero-order chi connectivity index (χ0) is 9.56. The molecule has 0 spiro atoms. The van der Waals surface area contributed by atoms with Crippen molar-refractivity contribution in [1.29, 1.82) is 0 Å². The van der Waals surface area contributed by atoms with Crippen molar-refractivity contribution in [3.05, 3.63) is 0 Å². The van der Waals surface area contributed by atoms with E-state index >= 15 is 0 Å². The van der Waals surface area contributed by atoms with Gasteiger partial charge in [0.05, 0.1) is 0 Å². The van der Waals surface area contributed by atoms with Crippen molar-refractivity contribution in [2.45, 2.75) is 19.4 Å². The van der Waals surface area contributed by atoms with Gasteiger partial charge in [0.1, 0.15) is 6.04 Å². The summed E-state index contributed by atoms with van der Waals surface area (Å²) in [5, 5.41) is 11.0. The number of carbonyl (C=O) groups is 2. The van der Waals surface area contributed by atoms with E-state index < -0.39 is 12.0 Å². The van der Waals surface area contributed by atoms with E-state index in [4.69, 9.17) is 5.11 Å². The zero-order valence-electron chi connectivity index (χ0n) is 7.16. The fraction of sp³-hybridized carbons (Fsp3) is 0.714. The van der Waals surface area contributed by atoms with Gasteiger partial charge in [-0.2, -0.15) is 11.8 Å². The summed E-state index contributed by atoms with van der Waals surface area (Å²) in [6.07, 6.45) is 2.36. The summed E-state index contributed by atoms with van der Waals surface area (Å²) >= 11 is 1.56. The van der Waals surface area contributed by atoms with Crippen LogP contribution in [0.1, 0.15) is 13.3 Å². The van der Waals surface area contributed by atoms with Gasteiger partial charge in [0, 0.05) is 6.92 Å². The van der Waals surface area contributed by atoms with Gasteiger partial charge in [0.25, 0.3) is 0 Å². The third-order valence-electron chi connectivity index (χ3n) is 1.29. The average Bonchev–Trinajstić information content (AvgIpc) is 1.96. The first-order valence-electron chi connectivity index (χ1n) is 3.56. The first-order chi connectivity index (χ1) is 5.57. The van der Waals surface area contributed by atoms with Crippen LogP contribution in [0.3, 0.4) is 0 Å². The number of carboxylic acids is 1. The highest BCUT2D eigenvalue weighted by atomic mass is 32.2. The largest absolute Gasteiger partial charge is 0.480 e. The second kappa shape index (κ2) is 5.88. The number of thioether (sulfide) groups is 1. The van der Waals surface area contributed by atoms with Gasteiger partial charge < -0.3 is 10.4 Å². The molecule has 0 aliphatic heterocycles. The zero-order valence-corrected chi connectivity index (χ0v) is 7.98. The summed E-state index contributed by atoms with van der Waals surface area (Å²) < 4.78 is 0. The Labute approximate surface area is 75.7 Å². The van der Waals surface area contributed by atoms with E-state index in [1.807, 2.05) is 6.26 Å². The van der Waals surface area contributed by atoms with Crippen molar-refractivity contribution in [2.75, 3.05) is 12.0 Å². The van der Waals surface area contributed by atoms with Crippen LogP contribution in [0.2, 0.25) is 0 Å². The second-order valence-corrected chi connectivity index (χ2v) is 3.36. The molecule has 0 bridgehead atoms. The van der Waals surface area contributed by atoms with Crippen LogP contribution in [-0.2, 0) is 9.59 Å². The summed E-state index contributed by atoms with van der Waals surface area (Å²) in [4.78, 5) is 21.1. The first-order valence-corrected chi connectivity index (χ1v) is 4.96. The Balaban J connectivity index is 3.87. The normalized spacial score (nSPS) is 12.2. The van der Waals surface area contributed by atoms with Crippen LogP contribution in [0, 0.1) is 0 Å². The number of hydrogen-bond acceptors (Lipinski definition) is 3. The molecule has 5 heteroatoms. The number of amides is 1. The monoisotopic (exact) mass is 192 g/mol. The molecule has 4 nitrogen and oxygen atoms in total. The van der Waals surface area contributed by atoms with Gasteiger partial charge in [-0.15, -0.1) is 0 Å². The van der Waals surface area contributed by atoms with Gasteiger partial charge in [0.15, 0.2) is 0 Å². The fourth-order valence-corrected chi connectivity index (χ4v) is 1.21. The maximum Gasteiger partial charge on any atom is 0.326 e. The van der Waals surface area contributed by atoms with E-state index in [-0.39, 0.29) is 5.91 Å². The lowest BCUT2D eigenvalue weighted by Gasteiger charge is -2.11. The molecular formula is C7H13NO3S. The van der Waals surface area contributed by atoms with Crippen LogP contribution in [0.25, 0.3) is 0 Å². The molecule has 1 atom stereocenters. The third-order valence-corrected chi connectivity index (χ3v) is 1.93. The third kappa shape index (κ3) is 5.01. The summed E-state index contributed by atoms with van der Waals surface area (Å²) in [6.45, 7) is 1.31. The van der Waals surface area contributed by atoms with Crippen LogP contribution >= 0.6 is 11.8 Å². The van der Waals surface area contributed by atoms with E-state index in [1.165, 1.54) is 6.92 Å². The highest BCUT2D eigenvalue weighted by molar-refractivity contribution is 7.98. The molecule has 0 aliphatic rings. The molecular weight excluding hydrogens is 179 g/mol. The molecule has 0 radical (unpaired) electrons. The highest BCUT2D eigenvalue weighted by Crippen LogP contribution is 2.00. The summed E-state index contributed by atoms with van der Waals surface area (Å²) in [5.74, 6) is -0.542. The molecule has 0 aromatic carbocycles. The lowest BCUT2D eigenvalue weighted by atomic mass is 10.3. The Morgan fingerprint density at radius 2 is 2.17 bits per heavy atom. The van der Waals surface area contributed by atoms with E-state index in [0.717, 1.165) is 5.75 Å². The number of carboxylic acid groups (broad SMARTS) is 1. The van der Waals surface area contributed by atoms with Crippen molar-refractivity contribution in [3.8, 4) is 0 Å². The van der Waals surface area contributed by atoms with Crippen LogP contribution in [-0.4, -0.2) is 35.0 Å². The first kappa shape index (κ1) is 11.3. The molecule has 1 amide bonds. The van der Waals surface area contributed by atoms with E-state index in [2.05, 4.69) is 5.32 Å². The Kier molecular flexibility index (Phi) is 5.53. The SMILES string of the molecule is CSCC[C@H](NC(C)=O)[13C](=O)O. The van der Waals surface area contributed by atoms with Gasteiger partial charge in [-0.3, -0.25) is 4.79 Å². The van der Waals surface area contributed by atoms with Gasteiger partial charge in [-0.1, -0.05) is 0 Å². The van der Waals surface area contributed by atoms with Crippen LogP contribution < -0.4 is 5.32 Å². The number of nitrogens with one attached hydrogen (secondary N) is 1. The van der Waals surface area contributed by atoms with Gasteiger partial charge in [-0.05, 0) is 18.4 Å². The molecule has 0 heterocycles. The summed E-state index contributed by atoms with van der Waals surface area (Å²) in [6, 6.07) is -0.741. The quantitative estimate of drug-likeness (QED) is 0.616.